The molecule has 20 heavy (non-hydrogen) atoms. The number of amides is 2. The van der Waals surface area contributed by atoms with E-state index in [0.717, 1.165) is 12.8 Å². The number of carbonyl (C=O) groups excluding carboxylic acids is 2. The molecule has 6 nitrogen and oxygen atoms in total. The van der Waals surface area contributed by atoms with Crippen molar-refractivity contribution in [3.63, 3.8) is 0 Å². The highest BCUT2D eigenvalue weighted by Gasteiger charge is 2.26. The number of unbranched alkanes of at least 4 members (excludes halogenated alkanes) is 1. The molecule has 0 saturated carbocycles. The molecule has 0 aliphatic heterocycles. The molecule has 0 aromatic heterocycles. The molecular weight excluding hydrogens is 258 g/mol. The molecule has 0 spiro atoms. The van der Waals surface area contributed by atoms with Gasteiger partial charge in [0.25, 0.3) is 0 Å². The summed E-state index contributed by atoms with van der Waals surface area (Å²) in [5.41, 5.74) is 4.81. The Morgan fingerprint density at radius 3 is 2.25 bits per heavy atom. The molecule has 0 bridgehead atoms. The summed E-state index contributed by atoms with van der Waals surface area (Å²) in [7, 11) is 0. The monoisotopic (exact) mass is 287 g/mol. The second kappa shape index (κ2) is 8.79. The van der Waals surface area contributed by atoms with Crippen molar-refractivity contribution in [2.75, 3.05) is 13.1 Å². The maximum Gasteiger partial charge on any atom is 0.408 e. The van der Waals surface area contributed by atoms with Gasteiger partial charge in [0.15, 0.2) is 0 Å². The Hall–Kier alpha value is -1.30. The summed E-state index contributed by atoms with van der Waals surface area (Å²) in [6.45, 7) is 10.3. The van der Waals surface area contributed by atoms with Gasteiger partial charge in [-0.3, -0.25) is 4.79 Å². The third kappa shape index (κ3) is 8.74. The summed E-state index contributed by atoms with van der Waals surface area (Å²) in [5.74, 6) is -0.208. The van der Waals surface area contributed by atoms with Crippen LogP contribution in [-0.4, -0.2) is 36.7 Å². The van der Waals surface area contributed by atoms with E-state index in [1.165, 1.54) is 0 Å². The van der Waals surface area contributed by atoms with Crippen LogP contribution >= 0.6 is 0 Å². The van der Waals surface area contributed by atoms with Crippen molar-refractivity contribution >= 4 is 12.0 Å². The third-order valence-electron chi connectivity index (χ3n) is 2.55. The smallest absolute Gasteiger partial charge is 0.408 e. The minimum atomic E-state index is -0.595. The Bertz CT molecular complexity index is 311. The highest BCUT2D eigenvalue weighted by atomic mass is 16.6. The summed E-state index contributed by atoms with van der Waals surface area (Å²) in [4.78, 5) is 23.8. The summed E-state index contributed by atoms with van der Waals surface area (Å²) < 4.78 is 5.16. The van der Waals surface area contributed by atoms with E-state index in [-0.39, 0.29) is 11.8 Å². The van der Waals surface area contributed by atoms with Crippen molar-refractivity contribution in [3.8, 4) is 0 Å². The summed E-state index contributed by atoms with van der Waals surface area (Å²) in [6, 6.07) is -0.595. The van der Waals surface area contributed by atoms with Crippen LogP contribution in [0.15, 0.2) is 0 Å². The van der Waals surface area contributed by atoms with Gasteiger partial charge in [-0.1, -0.05) is 13.8 Å². The zero-order valence-electron chi connectivity index (χ0n) is 13.3. The van der Waals surface area contributed by atoms with Crippen LogP contribution in [0.5, 0.6) is 0 Å². The Labute approximate surface area is 121 Å². The maximum absolute atomic E-state index is 12.0. The fraction of sp³-hybridized carbons (Fsp3) is 0.857. The van der Waals surface area contributed by atoms with E-state index in [4.69, 9.17) is 10.5 Å². The second-order valence-corrected chi connectivity index (χ2v) is 6.15. The quantitative estimate of drug-likeness (QED) is 0.617. The van der Waals surface area contributed by atoms with E-state index in [0.29, 0.717) is 13.1 Å². The van der Waals surface area contributed by atoms with E-state index in [1.54, 1.807) is 20.8 Å². The molecule has 1 unspecified atom stereocenters. The maximum atomic E-state index is 12.0. The van der Waals surface area contributed by atoms with Gasteiger partial charge in [-0.15, -0.1) is 0 Å². The van der Waals surface area contributed by atoms with Gasteiger partial charge in [0.05, 0.1) is 0 Å². The van der Waals surface area contributed by atoms with E-state index in [2.05, 4.69) is 10.6 Å². The number of alkyl carbamates (subject to hydrolysis) is 1. The first-order valence-corrected chi connectivity index (χ1v) is 7.14. The van der Waals surface area contributed by atoms with Crippen LogP contribution < -0.4 is 16.4 Å². The highest BCUT2D eigenvalue weighted by molar-refractivity contribution is 5.85. The van der Waals surface area contributed by atoms with Gasteiger partial charge in [-0.2, -0.15) is 0 Å². The van der Waals surface area contributed by atoms with Crippen LogP contribution in [0.2, 0.25) is 0 Å². The summed E-state index contributed by atoms with van der Waals surface area (Å²) >= 11 is 0. The first-order chi connectivity index (χ1) is 9.17. The van der Waals surface area contributed by atoms with Gasteiger partial charge < -0.3 is 21.1 Å². The number of hydrogen-bond donors (Lipinski definition) is 3. The minimum Gasteiger partial charge on any atom is -0.444 e. The van der Waals surface area contributed by atoms with Crippen molar-refractivity contribution < 1.29 is 14.3 Å². The Morgan fingerprint density at radius 2 is 1.80 bits per heavy atom. The van der Waals surface area contributed by atoms with Gasteiger partial charge in [-0.25, -0.2) is 4.79 Å². The largest absolute Gasteiger partial charge is 0.444 e. The van der Waals surface area contributed by atoms with Crippen LogP contribution in [0, 0.1) is 5.92 Å². The lowest BCUT2D eigenvalue weighted by molar-refractivity contribution is -0.124. The van der Waals surface area contributed by atoms with Gasteiger partial charge in [0, 0.05) is 6.54 Å². The molecule has 2 amide bonds. The molecule has 0 aromatic rings. The molecule has 0 rings (SSSR count). The molecule has 0 saturated heterocycles. The fourth-order valence-electron chi connectivity index (χ4n) is 1.56. The lowest BCUT2D eigenvalue weighted by Crippen LogP contribution is -2.51. The number of nitrogens with one attached hydrogen (secondary N) is 2. The lowest BCUT2D eigenvalue weighted by Gasteiger charge is -2.25. The van der Waals surface area contributed by atoms with Crippen molar-refractivity contribution in [3.05, 3.63) is 0 Å². The molecule has 0 fully saturated rings. The highest BCUT2D eigenvalue weighted by Crippen LogP contribution is 2.08. The predicted molar refractivity (Wildman–Crippen MR) is 79.3 cm³/mol. The van der Waals surface area contributed by atoms with E-state index in [1.807, 2.05) is 13.8 Å². The first-order valence-electron chi connectivity index (χ1n) is 7.14. The first kappa shape index (κ1) is 18.7. The number of rotatable bonds is 7. The Kier molecular flexibility index (Phi) is 8.22. The normalized spacial score (nSPS) is 12.9. The van der Waals surface area contributed by atoms with E-state index < -0.39 is 17.7 Å². The van der Waals surface area contributed by atoms with Gasteiger partial charge in [0.2, 0.25) is 5.91 Å². The molecule has 1 atom stereocenters. The molecule has 118 valence electrons. The van der Waals surface area contributed by atoms with Crippen LogP contribution in [0.3, 0.4) is 0 Å². The molecule has 0 aromatic carbocycles. The molecule has 0 heterocycles. The van der Waals surface area contributed by atoms with Crippen molar-refractivity contribution in [1.29, 1.82) is 0 Å². The van der Waals surface area contributed by atoms with Crippen LogP contribution in [0.4, 0.5) is 4.79 Å². The average Bonchev–Trinajstić information content (AvgIpc) is 2.28. The van der Waals surface area contributed by atoms with Crippen LogP contribution in [0.1, 0.15) is 47.5 Å². The molecule has 0 radical (unpaired) electrons. The fourth-order valence-corrected chi connectivity index (χ4v) is 1.56. The van der Waals surface area contributed by atoms with E-state index >= 15 is 0 Å². The molecule has 0 aliphatic rings. The molecular formula is C14H29N3O3. The standard InChI is InChI=1S/C14H29N3O3/c1-10(2)11(12(18)16-9-7-6-8-15)17-13(19)20-14(3,4)5/h10-11H,6-9,15H2,1-5H3,(H,16,18)(H,17,19). The topological polar surface area (TPSA) is 93.4 Å². The number of ether oxygens (including phenoxy) is 1. The predicted octanol–water partition coefficient (Wildman–Crippen LogP) is 1.39. The Morgan fingerprint density at radius 1 is 1.20 bits per heavy atom. The van der Waals surface area contributed by atoms with Gasteiger partial charge in [-0.05, 0) is 46.1 Å². The number of hydrogen-bond acceptors (Lipinski definition) is 4. The number of nitrogens with two attached hydrogens (primary N) is 1. The van der Waals surface area contributed by atoms with Gasteiger partial charge >= 0.3 is 6.09 Å². The average molecular weight is 287 g/mol. The second-order valence-electron chi connectivity index (χ2n) is 6.15. The van der Waals surface area contributed by atoms with Crippen LogP contribution in [-0.2, 0) is 9.53 Å². The lowest BCUT2D eigenvalue weighted by atomic mass is 10.0. The minimum absolute atomic E-state index is 0.0166. The van der Waals surface area contributed by atoms with Crippen molar-refractivity contribution in [1.82, 2.24) is 10.6 Å². The van der Waals surface area contributed by atoms with Gasteiger partial charge in [0.1, 0.15) is 11.6 Å². The van der Waals surface area contributed by atoms with Crippen LogP contribution in [0.25, 0.3) is 0 Å². The van der Waals surface area contributed by atoms with E-state index in [9.17, 15) is 9.59 Å². The zero-order valence-corrected chi connectivity index (χ0v) is 13.3. The van der Waals surface area contributed by atoms with Crippen molar-refractivity contribution in [2.24, 2.45) is 11.7 Å². The molecule has 4 N–H and O–H groups in total. The summed E-state index contributed by atoms with van der Waals surface area (Å²) in [6.07, 6.45) is 1.12. The Balaban J connectivity index is 4.35. The third-order valence-corrected chi connectivity index (χ3v) is 2.55. The summed E-state index contributed by atoms with van der Waals surface area (Å²) in [5, 5.41) is 5.42. The zero-order chi connectivity index (χ0) is 15.8. The SMILES string of the molecule is CC(C)C(NC(=O)OC(C)(C)C)C(=O)NCCCCN. The molecule has 6 heteroatoms. The number of carbonyl (C=O) groups is 2. The van der Waals surface area contributed by atoms with Crippen molar-refractivity contribution in [2.45, 2.75) is 59.1 Å². The molecule has 0 aliphatic carbocycles.